The monoisotopic (exact) mass is 279 g/mol. The number of nitrogens with zero attached hydrogens (tertiary/aromatic N) is 2. The Morgan fingerprint density at radius 3 is 3.11 bits per heavy atom. The van der Waals surface area contributed by atoms with Crippen molar-refractivity contribution in [1.29, 1.82) is 5.26 Å². The minimum atomic E-state index is -0.440. The number of nitriles is 1. The Morgan fingerprint density at radius 2 is 2.42 bits per heavy atom. The summed E-state index contributed by atoms with van der Waals surface area (Å²) in [5.74, 6) is -0.136. The molecule has 5 nitrogen and oxygen atoms in total. The number of likely N-dealkylation sites (N-methyl/N-ethyl adjacent to an activating group) is 1. The van der Waals surface area contributed by atoms with Crippen LogP contribution < -0.4 is 10.2 Å². The summed E-state index contributed by atoms with van der Waals surface area (Å²) in [6, 6.07) is 6.72. The average molecular weight is 280 g/mol. The van der Waals surface area contributed by atoms with E-state index in [2.05, 4.69) is 11.4 Å². The Kier molecular flexibility index (Phi) is 4.25. The lowest BCUT2D eigenvalue weighted by molar-refractivity contribution is -0.124. The van der Waals surface area contributed by atoms with E-state index in [-0.39, 0.29) is 5.91 Å². The Morgan fingerprint density at radius 1 is 1.63 bits per heavy atom. The van der Waals surface area contributed by atoms with Gasteiger partial charge in [0.15, 0.2) is 0 Å². The van der Waals surface area contributed by atoms with E-state index in [4.69, 9.17) is 16.3 Å². The summed E-state index contributed by atoms with van der Waals surface area (Å²) in [6.45, 7) is 1.37. The van der Waals surface area contributed by atoms with Crippen LogP contribution >= 0.6 is 11.6 Å². The highest BCUT2D eigenvalue weighted by molar-refractivity contribution is 6.30. The molecule has 1 fully saturated rings. The molecular weight excluding hydrogens is 266 g/mol. The van der Waals surface area contributed by atoms with E-state index < -0.39 is 6.04 Å². The van der Waals surface area contributed by atoms with Crippen LogP contribution in [-0.4, -0.2) is 38.8 Å². The van der Waals surface area contributed by atoms with Crippen LogP contribution in [0.2, 0.25) is 5.02 Å². The first-order valence-corrected chi connectivity index (χ1v) is 6.31. The van der Waals surface area contributed by atoms with Crippen LogP contribution in [0.15, 0.2) is 18.2 Å². The van der Waals surface area contributed by atoms with Crippen molar-refractivity contribution in [2.75, 3.05) is 31.7 Å². The maximum absolute atomic E-state index is 11.9. The van der Waals surface area contributed by atoms with Gasteiger partial charge in [0, 0.05) is 18.6 Å². The number of halogens is 1. The molecule has 1 aromatic carbocycles. The first kappa shape index (κ1) is 13.7. The Labute approximate surface area is 116 Å². The molecule has 1 amide bonds. The van der Waals surface area contributed by atoms with E-state index in [1.165, 1.54) is 0 Å². The zero-order valence-electron chi connectivity index (χ0n) is 10.5. The van der Waals surface area contributed by atoms with Gasteiger partial charge in [0.05, 0.1) is 24.5 Å². The molecule has 1 aliphatic rings. The van der Waals surface area contributed by atoms with Crippen LogP contribution in [0.25, 0.3) is 0 Å². The van der Waals surface area contributed by atoms with Crippen molar-refractivity contribution in [1.82, 2.24) is 5.32 Å². The van der Waals surface area contributed by atoms with Gasteiger partial charge in [-0.05, 0) is 18.2 Å². The Balaban J connectivity index is 2.40. The largest absolute Gasteiger partial charge is 0.377 e. The van der Waals surface area contributed by atoms with Crippen molar-refractivity contribution >= 4 is 23.2 Å². The zero-order chi connectivity index (χ0) is 13.8. The summed E-state index contributed by atoms with van der Waals surface area (Å²) in [7, 11) is 1.58. The number of rotatable bonds is 2. The Hall–Kier alpha value is -1.77. The smallest absolute Gasteiger partial charge is 0.244 e. The molecule has 2 rings (SSSR count). The lowest BCUT2D eigenvalue weighted by atomic mass is 10.1. The molecule has 1 atom stereocenters. The minimum Gasteiger partial charge on any atom is -0.377 e. The molecule has 1 aliphatic heterocycles. The molecule has 1 aromatic rings. The number of hydrogen-bond acceptors (Lipinski definition) is 4. The molecule has 100 valence electrons. The van der Waals surface area contributed by atoms with E-state index in [0.29, 0.717) is 36.0 Å². The third-order valence-electron chi connectivity index (χ3n) is 3.07. The highest BCUT2D eigenvalue weighted by atomic mass is 35.5. The summed E-state index contributed by atoms with van der Waals surface area (Å²) in [6.07, 6.45) is 0. The quantitative estimate of drug-likeness (QED) is 0.882. The zero-order valence-corrected chi connectivity index (χ0v) is 11.3. The molecular formula is C13H14ClN3O2. The first-order chi connectivity index (χ1) is 9.17. The van der Waals surface area contributed by atoms with Gasteiger partial charge in [-0.3, -0.25) is 4.79 Å². The van der Waals surface area contributed by atoms with Crippen molar-refractivity contribution in [3.05, 3.63) is 28.8 Å². The number of amides is 1. The predicted molar refractivity (Wildman–Crippen MR) is 72.2 cm³/mol. The van der Waals surface area contributed by atoms with E-state index in [0.717, 1.165) is 0 Å². The van der Waals surface area contributed by atoms with Crippen LogP contribution in [0.1, 0.15) is 5.56 Å². The highest BCUT2D eigenvalue weighted by Crippen LogP contribution is 2.27. The van der Waals surface area contributed by atoms with Crippen molar-refractivity contribution in [2.45, 2.75) is 6.04 Å². The third kappa shape index (κ3) is 2.80. The van der Waals surface area contributed by atoms with Gasteiger partial charge in [0.2, 0.25) is 5.91 Å². The summed E-state index contributed by atoms with van der Waals surface area (Å²) >= 11 is 5.99. The standard InChI is InChI=1S/C13H14ClN3O2/c1-16-13(18)12-8-19-5-4-17(12)11-6-10(14)3-2-9(11)7-15/h2-3,6,12H,4-5,8H2,1H3,(H,16,18). The fourth-order valence-electron chi connectivity index (χ4n) is 2.11. The summed E-state index contributed by atoms with van der Waals surface area (Å²) in [5.41, 5.74) is 1.17. The minimum absolute atomic E-state index is 0.136. The van der Waals surface area contributed by atoms with E-state index in [1.54, 1.807) is 25.2 Å². The second kappa shape index (κ2) is 5.91. The van der Waals surface area contributed by atoms with Gasteiger partial charge in [-0.1, -0.05) is 11.6 Å². The van der Waals surface area contributed by atoms with Crippen molar-refractivity contribution in [3.63, 3.8) is 0 Å². The number of nitrogens with one attached hydrogen (secondary N) is 1. The molecule has 0 aromatic heterocycles. The van der Waals surface area contributed by atoms with E-state index in [9.17, 15) is 10.1 Å². The molecule has 6 heteroatoms. The van der Waals surface area contributed by atoms with Gasteiger partial charge >= 0.3 is 0 Å². The van der Waals surface area contributed by atoms with Crippen LogP contribution in [-0.2, 0) is 9.53 Å². The number of hydrogen-bond donors (Lipinski definition) is 1. The van der Waals surface area contributed by atoms with Gasteiger partial charge < -0.3 is 15.0 Å². The highest BCUT2D eigenvalue weighted by Gasteiger charge is 2.30. The molecule has 0 spiro atoms. The summed E-state index contributed by atoms with van der Waals surface area (Å²) < 4.78 is 5.34. The van der Waals surface area contributed by atoms with Gasteiger partial charge in [-0.2, -0.15) is 5.26 Å². The molecule has 1 saturated heterocycles. The third-order valence-corrected chi connectivity index (χ3v) is 3.30. The molecule has 1 heterocycles. The lowest BCUT2D eigenvalue weighted by Gasteiger charge is -2.36. The summed E-state index contributed by atoms with van der Waals surface area (Å²) in [5, 5.41) is 12.3. The summed E-state index contributed by atoms with van der Waals surface area (Å²) in [4.78, 5) is 13.8. The molecule has 19 heavy (non-hydrogen) atoms. The van der Waals surface area contributed by atoms with Crippen molar-refractivity contribution in [2.24, 2.45) is 0 Å². The van der Waals surface area contributed by atoms with Crippen LogP contribution in [0.3, 0.4) is 0 Å². The number of carbonyl (C=O) groups is 1. The van der Waals surface area contributed by atoms with Gasteiger partial charge in [0.25, 0.3) is 0 Å². The van der Waals surface area contributed by atoms with Gasteiger partial charge in [-0.15, -0.1) is 0 Å². The van der Waals surface area contributed by atoms with Gasteiger partial charge in [0.1, 0.15) is 12.1 Å². The second-order valence-corrected chi connectivity index (χ2v) is 4.61. The van der Waals surface area contributed by atoms with Crippen molar-refractivity contribution in [3.8, 4) is 6.07 Å². The number of anilines is 1. The molecule has 0 radical (unpaired) electrons. The first-order valence-electron chi connectivity index (χ1n) is 5.93. The van der Waals surface area contributed by atoms with E-state index in [1.807, 2.05) is 4.90 Å². The number of benzene rings is 1. The lowest BCUT2D eigenvalue weighted by Crippen LogP contribution is -2.53. The molecule has 0 saturated carbocycles. The topological polar surface area (TPSA) is 65.4 Å². The molecule has 1 unspecified atom stereocenters. The average Bonchev–Trinajstić information content (AvgIpc) is 2.46. The second-order valence-electron chi connectivity index (χ2n) is 4.17. The predicted octanol–water partition coefficient (Wildman–Crippen LogP) is 1.16. The maximum Gasteiger partial charge on any atom is 0.244 e. The molecule has 0 bridgehead atoms. The SMILES string of the molecule is CNC(=O)C1COCCN1c1cc(Cl)ccc1C#N. The van der Waals surface area contributed by atoms with Crippen molar-refractivity contribution < 1.29 is 9.53 Å². The normalized spacial score (nSPS) is 18.8. The van der Waals surface area contributed by atoms with E-state index >= 15 is 0 Å². The number of carbonyl (C=O) groups excluding carboxylic acids is 1. The Bertz CT molecular complexity index is 527. The van der Waals surface area contributed by atoms with Crippen LogP contribution in [0, 0.1) is 11.3 Å². The van der Waals surface area contributed by atoms with Gasteiger partial charge in [-0.25, -0.2) is 0 Å². The molecule has 1 N–H and O–H groups in total. The molecule has 0 aliphatic carbocycles. The fraction of sp³-hybridized carbons (Fsp3) is 0.385. The number of morpholine rings is 1. The van der Waals surface area contributed by atoms with Crippen LogP contribution in [0.4, 0.5) is 5.69 Å². The fourth-order valence-corrected chi connectivity index (χ4v) is 2.28. The van der Waals surface area contributed by atoms with Crippen LogP contribution in [0.5, 0.6) is 0 Å². The maximum atomic E-state index is 11.9. The number of ether oxygens (including phenoxy) is 1.